The van der Waals surface area contributed by atoms with Gasteiger partial charge in [0.2, 0.25) is 0 Å². The van der Waals surface area contributed by atoms with Gasteiger partial charge < -0.3 is 5.73 Å². The van der Waals surface area contributed by atoms with Crippen molar-refractivity contribution in [1.82, 2.24) is 4.90 Å². The number of thiophene rings is 1. The summed E-state index contributed by atoms with van der Waals surface area (Å²) in [5.41, 5.74) is 6.00. The van der Waals surface area contributed by atoms with Crippen LogP contribution in [0.4, 0.5) is 0 Å². The highest BCUT2D eigenvalue weighted by Gasteiger charge is 2.29. The average Bonchev–Trinajstić information content (AvgIpc) is 2.71. The molecule has 3 unspecified atom stereocenters. The Morgan fingerprint density at radius 1 is 1.47 bits per heavy atom. The number of rotatable bonds is 3. The zero-order valence-electron chi connectivity index (χ0n) is 10.5. The quantitative estimate of drug-likeness (QED) is 0.922. The van der Waals surface area contributed by atoms with E-state index >= 15 is 0 Å². The average molecular weight is 317 g/mol. The fourth-order valence-corrected chi connectivity index (χ4v) is 4.24. The van der Waals surface area contributed by atoms with Crippen LogP contribution in [-0.4, -0.2) is 24.0 Å². The fourth-order valence-electron chi connectivity index (χ4n) is 2.68. The first-order valence-electron chi connectivity index (χ1n) is 6.33. The summed E-state index contributed by atoms with van der Waals surface area (Å²) in [4.78, 5) is 3.98. The van der Waals surface area contributed by atoms with Crippen molar-refractivity contribution in [2.75, 3.05) is 13.1 Å². The maximum Gasteiger partial charge on any atom is 0.0702 e. The molecule has 1 saturated heterocycles. The molecule has 3 atom stereocenters. The van der Waals surface area contributed by atoms with Gasteiger partial charge in [-0.15, -0.1) is 11.3 Å². The van der Waals surface area contributed by atoms with Gasteiger partial charge in [0.15, 0.2) is 0 Å². The predicted molar refractivity (Wildman–Crippen MR) is 78.4 cm³/mol. The molecular formula is C13H21BrN2S. The first-order chi connectivity index (χ1) is 8.11. The lowest BCUT2D eigenvalue weighted by Gasteiger charge is -2.41. The molecule has 0 saturated carbocycles. The van der Waals surface area contributed by atoms with Gasteiger partial charge in [0.1, 0.15) is 0 Å². The van der Waals surface area contributed by atoms with Gasteiger partial charge in [-0.1, -0.05) is 6.92 Å². The minimum Gasteiger partial charge on any atom is -0.329 e. The first kappa shape index (κ1) is 13.5. The maximum atomic E-state index is 6.00. The number of likely N-dealkylation sites (tertiary alicyclic amines) is 1. The standard InChI is InChI=1S/C13H21BrN2S/c1-9-3-4-10(2)16(8-9)11(7-15)12-5-6-13(14)17-12/h5-6,9-11H,3-4,7-8,15H2,1-2H3. The molecule has 0 amide bonds. The Kier molecular flexibility index (Phi) is 4.64. The largest absolute Gasteiger partial charge is 0.329 e. The number of hydrogen-bond acceptors (Lipinski definition) is 3. The van der Waals surface area contributed by atoms with Crippen LogP contribution in [0.15, 0.2) is 15.9 Å². The number of nitrogens with zero attached hydrogens (tertiary/aromatic N) is 1. The van der Waals surface area contributed by atoms with Crippen molar-refractivity contribution in [3.05, 3.63) is 20.8 Å². The summed E-state index contributed by atoms with van der Waals surface area (Å²) in [6, 6.07) is 5.38. The molecule has 0 radical (unpaired) electrons. The molecule has 1 aromatic rings. The second-order valence-corrected chi connectivity index (χ2v) is 7.62. The molecule has 96 valence electrons. The Labute approximate surface area is 116 Å². The van der Waals surface area contributed by atoms with Crippen LogP contribution in [0.2, 0.25) is 0 Å². The van der Waals surface area contributed by atoms with Crippen LogP contribution in [-0.2, 0) is 0 Å². The highest BCUT2D eigenvalue weighted by atomic mass is 79.9. The fraction of sp³-hybridized carbons (Fsp3) is 0.692. The van der Waals surface area contributed by atoms with Crippen molar-refractivity contribution in [3.8, 4) is 0 Å². The Morgan fingerprint density at radius 3 is 2.82 bits per heavy atom. The molecule has 0 bridgehead atoms. The molecule has 2 N–H and O–H groups in total. The van der Waals surface area contributed by atoms with E-state index in [4.69, 9.17) is 5.73 Å². The highest BCUT2D eigenvalue weighted by Crippen LogP contribution is 2.34. The molecule has 4 heteroatoms. The number of nitrogens with two attached hydrogens (primary N) is 1. The smallest absolute Gasteiger partial charge is 0.0702 e. The van der Waals surface area contributed by atoms with E-state index in [9.17, 15) is 0 Å². The van der Waals surface area contributed by atoms with E-state index in [1.165, 1.54) is 28.0 Å². The highest BCUT2D eigenvalue weighted by molar-refractivity contribution is 9.11. The van der Waals surface area contributed by atoms with Gasteiger partial charge in [-0.2, -0.15) is 0 Å². The molecule has 1 aromatic heterocycles. The monoisotopic (exact) mass is 316 g/mol. The summed E-state index contributed by atoms with van der Waals surface area (Å²) in [7, 11) is 0. The molecule has 1 aliphatic heterocycles. The van der Waals surface area contributed by atoms with E-state index in [0.29, 0.717) is 18.6 Å². The third kappa shape index (κ3) is 3.11. The lowest BCUT2D eigenvalue weighted by atomic mass is 9.93. The summed E-state index contributed by atoms with van der Waals surface area (Å²) >= 11 is 5.35. The van der Waals surface area contributed by atoms with Gasteiger partial charge in [-0.3, -0.25) is 4.90 Å². The van der Waals surface area contributed by atoms with Crippen molar-refractivity contribution in [2.24, 2.45) is 11.7 Å². The van der Waals surface area contributed by atoms with E-state index in [0.717, 1.165) is 5.92 Å². The Hall–Kier alpha value is 0.1000. The van der Waals surface area contributed by atoms with E-state index in [2.05, 4.69) is 46.8 Å². The summed E-state index contributed by atoms with van der Waals surface area (Å²) in [6.45, 7) is 6.57. The van der Waals surface area contributed by atoms with Crippen molar-refractivity contribution in [3.63, 3.8) is 0 Å². The SMILES string of the molecule is CC1CCC(C)N(C(CN)c2ccc(Br)s2)C1. The van der Waals surface area contributed by atoms with Crippen LogP contribution in [0.3, 0.4) is 0 Å². The third-order valence-corrected chi connectivity index (χ3v) is 5.44. The topological polar surface area (TPSA) is 29.3 Å². The van der Waals surface area contributed by atoms with E-state index < -0.39 is 0 Å². The predicted octanol–water partition coefficient (Wildman–Crippen LogP) is 3.63. The van der Waals surface area contributed by atoms with Crippen molar-refractivity contribution >= 4 is 27.3 Å². The van der Waals surface area contributed by atoms with Gasteiger partial charge in [0.05, 0.1) is 9.83 Å². The van der Waals surface area contributed by atoms with Gasteiger partial charge in [-0.25, -0.2) is 0 Å². The number of piperidine rings is 1. The van der Waals surface area contributed by atoms with Gasteiger partial charge in [-0.05, 0) is 53.7 Å². The van der Waals surface area contributed by atoms with Crippen molar-refractivity contribution in [2.45, 2.75) is 38.8 Å². The Balaban J connectivity index is 2.16. The minimum atomic E-state index is 0.393. The number of hydrogen-bond donors (Lipinski definition) is 1. The molecule has 1 aliphatic rings. The zero-order chi connectivity index (χ0) is 12.4. The molecular weight excluding hydrogens is 296 g/mol. The molecule has 2 nitrogen and oxygen atoms in total. The molecule has 0 aromatic carbocycles. The lowest BCUT2D eigenvalue weighted by molar-refractivity contribution is 0.0814. The summed E-state index contributed by atoms with van der Waals surface area (Å²) in [6.07, 6.45) is 2.65. The third-order valence-electron chi connectivity index (χ3n) is 3.71. The second kappa shape index (κ2) is 5.83. The van der Waals surface area contributed by atoms with Gasteiger partial charge in [0.25, 0.3) is 0 Å². The first-order valence-corrected chi connectivity index (χ1v) is 7.93. The van der Waals surface area contributed by atoms with E-state index in [-0.39, 0.29) is 0 Å². The second-order valence-electron chi connectivity index (χ2n) is 5.12. The van der Waals surface area contributed by atoms with Crippen LogP contribution < -0.4 is 5.73 Å². The van der Waals surface area contributed by atoms with Crippen LogP contribution >= 0.6 is 27.3 Å². The molecule has 2 rings (SSSR count). The van der Waals surface area contributed by atoms with Crippen molar-refractivity contribution < 1.29 is 0 Å². The van der Waals surface area contributed by atoms with Gasteiger partial charge in [0, 0.05) is 24.0 Å². The van der Waals surface area contributed by atoms with Gasteiger partial charge >= 0.3 is 0 Å². The summed E-state index contributed by atoms with van der Waals surface area (Å²) in [5.74, 6) is 0.795. The lowest BCUT2D eigenvalue weighted by Crippen LogP contribution is -2.45. The summed E-state index contributed by atoms with van der Waals surface area (Å²) in [5, 5.41) is 0. The van der Waals surface area contributed by atoms with Crippen LogP contribution in [0, 0.1) is 5.92 Å². The number of halogens is 1. The van der Waals surface area contributed by atoms with E-state index in [1.54, 1.807) is 0 Å². The molecule has 17 heavy (non-hydrogen) atoms. The minimum absolute atomic E-state index is 0.393. The summed E-state index contributed by atoms with van der Waals surface area (Å²) < 4.78 is 1.20. The molecule has 0 aliphatic carbocycles. The molecule has 0 spiro atoms. The van der Waals surface area contributed by atoms with Crippen molar-refractivity contribution in [1.29, 1.82) is 0 Å². The normalized spacial score (nSPS) is 28.2. The zero-order valence-corrected chi connectivity index (χ0v) is 12.9. The Morgan fingerprint density at radius 2 is 2.24 bits per heavy atom. The van der Waals surface area contributed by atoms with Crippen LogP contribution in [0.1, 0.15) is 37.6 Å². The maximum absolute atomic E-state index is 6.00. The van der Waals surface area contributed by atoms with Crippen LogP contribution in [0.5, 0.6) is 0 Å². The molecule has 2 heterocycles. The Bertz CT molecular complexity index is 366. The molecule has 1 fully saturated rings. The van der Waals surface area contributed by atoms with E-state index in [1.807, 2.05) is 11.3 Å². The van der Waals surface area contributed by atoms with Crippen LogP contribution in [0.25, 0.3) is 0 Å².